The molecule has 2 aliphatic rings. The Bertz CT molecular complexity index is 1490. The fraction of sp³-hybridized carbons (Fsp3) is 0.448. The number of anilines is 1. The monoisotopic (exact) mass is 510 g/mol. The lowest BCUT2D eigenvalue weighted by molar-refractivity contribution is 0.185. The number of ether oxygens (including phenoxy) is 1. The Morgan fingerprint density at radius 1 is 1.18 bits per heavy atom. The van der Waals surface area contributed by atoms with Gasteiger partial charge in [0.05, 0.1) is 24.4 Å². The van der Waals surface area contributed by atoms with Gasteiger partial charge in [0, 0.05) is 38.1 Å². The number of aromatic nitrogens is 4. The van der Waals surface area contributed by atoms with Crippen molar-refractivity contribution in [3.63, 3.8) is 0 Å². The van der Waals surface area contributed by atoms with Crippen LogP contribution in [0.4, 0.5) is 5.82 Å². The van der Waals surface area contributed by atoms with Gasteiger partial charge in [-0.2, -0.15) is 10.2 Å². The first kappa shape index (κ1) is 24.6. The number of hydrogen-bond acceptors (Lipinski definition) is 8. The fourth-order valence-corrected chi connectivity index (χ4v) is 5.87. The number of aryl methyl sites for hydroxylation is 1. The zero-order valence-corrected chi connectivity index (χ0v) is 22.1. The highest BCUT2D eigenvalue weighted by Gasteiger charge is 2.26. The van der Waals surface area contributed by atoms with Gasteiger partial charge in [-0.3, -0.25) is 0 Å². The van der Waals surface area contributed by atoms with E-state index in [1.807, 2.05) is 10.7 Å². The summed E-state index contributed by atoms with van der Waals surface area (Å²) in [5.74, 6) is 0.763. The average Bonchev–Trinajstić information content (AvgIpc) is 3.53. The maximum Gasteiger partial charge on any atom is 0.336 e. The molecule has 9 nitrogen and oxygen atoms in total. The molecule has 0 saturated carbocycles. The minimum atomic E-state index is 0.0911. The van der Waals surface area contributed by atoms with Crippen molar-refractivity contribution >= 4 is 22.2 Å². The van der Waals surface area contributed by atoms with Crippen molar-refractivity contribution in [1.82, 2.24) is 29.8 Å². The van der Waals surface area contributed by atoms with Gasteiger partial charge >= 0.3 is 6.01 Å². The van der Waals surface area contributed by atoms with Gasteiger partial charge in [-0.05, 0) is 55.3 Å². The molecule has 196 valence electrons. The molecule has 2 fully saturated rings. The van der Waals surface area contributed by atoms with E-state index in [1.165, 1.54) is 28.3 Å². The second-order valence-corrected chi connectivity index (χ2v) is 10.5. The van der Waals surface area contributed by atoms with Crippen LogP contribution < -0.4 is 15.0 Å². The normalized spacial score (nSPS) is 20.3. The Morgan fingerprint density at radius 3 is 2.87 bits per heavy atom. The highest BCUT2D eigenvalue weighted by Crippen LogP contribution is 2.28. The lowest BCUT2D eigenvalue weighted by atomic mass is 9.97. The van der Waals surface area contributed by atoms with Gasteiger partial charge < -0.3 is 19.9 Å². The minimum Gasteiger partial charge on any atom is -0.461 e. The van der Waals surface area contributed by atoms with Crippen LogP contribution in [-0.4, -0.2) is 76.4 Å². The van der Waals surface area contributed by atoms with Crippen LogP contribution in [0.5, 0.6) is 6.01 Å². The van der Waals surface area contributed by atoms with Gasteiger partial charge in [-0.1, -0.05) is 36.4 Å². The summed E-state index contributed by atoms with van der Waals surface area (Å²) in [6.07, 6.45) is 5.37. The van der Waals surface area contributed by atoms with Crippen LogP contribution in [0.2, 0.25) is 0 Å². The van der Waals surface area contributed by atoms with Crippen LogP contribution in [0.1, 0.15) is 36.1 Å². The highest BCUT2D eigenvalue weighted by atomic mass is 16.5. The SMILES string of the molecule is Cc1cccc2cccc(Cc3cnc4c(N5CCN[C@@H](CC#N)C5)nc(OC[C@@H]5CCCN5C)nn34)c12. The van der Waals surface area contributed by atoms with Crippen LogP contribution in [0.25, 0.3) is 16.4 Å². The molecule has 0 bridgehead atoms. The molecule has 6 rings (SSSR count). The number of nitriles is 1. The smallest absolute Gasteiger partial charge is 0.336 e. The predicted molar refractivity (Wildman–Crippen MR) is 148 cm³/mol. The summed E-state index contributed by atoms with van der Waals surface area (Å²) in [4.78, 5) is 14.2. The third kappa shape index (κ3) is 4.77. The van der Waals surface area contributed by atoms with E-state index in [4.69, 9.17) is 19.8 Å². The Balaban J connectivity index is 1.38. The Kier molecular flexibility index (Phi) is 6.83. The Labute approximate surface area is 223 Å². The number of likely N-dealkylation sites (N-methyl/N-ethyl adjacent to an activating group) is 1. The average molecular weight is 511 g/mol. The van der Waals surface area contributed by atoms with Crippen molar-refractivity contribution in [3.05, 3.63) is 59.4 Å². The van der Waals surface area contributed by atoms with Crippen LogP contribution in [-0.2, 0) is 6.42 Å². The van der Waals surface area contributed by atoms with Crippen molar-refractivity contribution in [2.24, 2.45) is 0 Å². The number of piperazine rings is 1. The van der Waals surface area contributed by atoms with Crippen LogP contribution in [0, 0.1) is 18.3 Å². The Morgan fingerprint density at radius 2 is 2.05 bits per heavy atom. The molecule has 1 N–H and O–H groups in total. The predicted octanol–water partition coefficient (Wildman–Crippen LogP) is 3.34. The molecule has 0 radical (unpaired) electrons. The van der Waals surface area contributed by atoms with E-state index < -0.39 is 0 Å². The minimum absolute atomic E-state index is 0.0911. The largest absolute Gasteiger partial charge is 0.461 e. The van der Waals surface area contributed by atoms with E-state index in [2.05, 4.69) is 71.6 Å². The van der Waals surface area contributed by atoms with Crippen molar-refractivity contribution in [2.45, 2.75) is 44.7 Å². The molecule has 0 spiro atoms. The standard InChI is InChI=1S/C29H34N8O/c1-20-6-3-7-21-8-4-9-22(26(20)21)16-25-17-32-27-28(36-15-13-31-23(18-36)11-12-30)33-29(34-37(25)27)38-19-24-10-5-14-35(24)2/h3-4,6-9,17,23-24,31H,5,10-11,13-16,18-19H2,1-2H3/t23-,24-/m0/s1. The molecule has 0 amide bonds. The number of hydrogen-bond donors (Lipinski definition) is 1. The van der Waals surface area contributed by atoms with Crippen molar-refractivity contribution in [2.75, 3.05) is 44.7 Å². The zero-order chi connectivity index (χ0) is 26.1. The first-order valence-corrected chi connectivity index (χ1v) is 13.5. The molecule has 38 heavy (non-hydrogen) atoms. The molecule has 9 heteroatoms. The summed E-state index contributed by atoms with van der Waals surface area (Å²) in [7, 11) is 2.15. The quantitative estimate of drug-likeness (QED) is 0.405. The number of likely N-dealkylation sites (tertiary alicyclic amines) is 1. The summed E-state index contributed by atoms with van der Waals surface area (Å²) in [6, 6.07) is 16.0. The third-order valence-corrected chi connectivity index (χ3v) is 7.94. The van der Waals surface area contributed by atoms with E-state index in [9.17, 15) is 5.26 Å². The van der Waals surface area contributed by atoms with E-state index in [0.717, 1.165) is 43.2 Å². The van der Waals surface area contributed by atoms with E-state index in [0.29, 0.717) is 38.0 Å². The molecular weight excluding hydrogens is 476 g/mol. The molecule has 2 aromatic carbocycles. The summed E-state index contributed by atoms with van der Waals surface area (Å²) in [5, 5.41) is 20.0. The number of nitrogens with one attached hydrogen (secondary N) is 1. The maximum absolute atomic E-state index is 9.25. The Hall–Kier alpha value is -3.74. The van der Waals surface area contributed by atoms with E-state index in [1.54, 1.807) is 0 Å². The molecular formula is C29H34N8O. The summed E-state index contributed by atoms with van der Waals surface area (Å²) >= 11 is 0. The molecule has 4 aromatic rings. The summed E-state index contributed by atoms with van der Waals surface area (Å²) < 4.78 is 8.14. The zero-order valence-electron chi connectivity index (χ0n) is 22.1. The van der Waals surface area contributed by atoms with Gasteiger partial charge in [0.1, 0.15) is 6.61 Å². The molecule has 2 aromatic heterocycles. The van der Waals surface area contributed by atoms with E-state index in [-0.39, 0.29) is 6.04 Å². The molecule has 2 saturated heterocycles. The summed E-state index contributed by atoms with van der Waals surface area (Å²) in [6.45, 7) is 6.08. The number of fused-ring (bicyclic) bond motifs is 2. The molecule has 2 aliphatic heterocycles. The number of rotatable bonds is 7. The van der Waals surface area contributed by atoms with Gasteiger partial charge in [0.25, 0.3) is 0 Å². The second kappa shape index (κ2) is 10.6. The van der Waals surface area contributed by atoms with Gasteiger partial charge in [0.2, 0.25) is 0 Å². The van der Waals surface area contributed by atoms with Gasteiger partial charge in [0.15, 0.2) is 11.5 Å². The van der Waals surface area contributed by atoms with Crippen LogP contribution >= 0.6 is 0 Å². The first-order valence-electron chi connectivity index (χ1n) is 13.5. The highest BCUT2D eigenvalue weighted by molar-refractivity contribution is 5.89. The number of imidazole rings is 1. The van der Waals surface area contributed by atoms with Gasteiger partial charge in [-0.25, -0.2) is 9.50 Å². The van der Waals surface area contributed by atoms with Crippen molar-refractivity contribution in [1.29, 1.82) is 5.26 Å². The number of benzene rings is 2. The molecule has 4 heterocycles. The van der Waals surface area contributed by atoms with Crippen molar-refractivity contribution in [3.8, 4) is 12.1 Å². The fourth-order valence-electron chi connectivity index (χ4n) is 5.87. The lowest BCUT2D eigenvalue weighted by Gasteiger charge is -2.33. The maximum atomic E-state index is 9.25. The van der Waals surface area contributed by atoms with E-state index >= 15 is 0 Å². The van der Waals surface area contributed by atoms with Crippen LogP contribution in [0.3, 0.4) is 0 Å². The van der Waals surface area contributed by atoms with Crippen LogP contribution in [0.15, 0.2) is 42.6 Å². The molecule has 0 aliphatic carbocycles. The molecule has 2 atom stereocenters. The number of nitrogens with zero attached hydrogens (tertiary/aromatic N) is 7. The third-order valence-electron chi connectivity index (χ3n) is 7.94. The second-order valence-electron chi connectivity index (χ2n) is 10.5. The summed E-state index contributed by atoms with van der Waals surface area (Å²) in [5.41, 5.74) is 4.22. The first-order chi connectivity index (χ1) is 18.6. The topological polar surface area (TPSA) is 94.6 Å². The lowest BCUT2D eigenvalue weighted by Crippen LogP contribution is -2.51. The van der Waals surface area contributed by atoms with Crippen molar-refractivity contribution < 1.29 is 4.74 Å². The van der Waals surface area contributed by atoms with Gasteiger partial charge in [-0.15, -0.1) is 5.10 Å². The molecule has 0 unspecified atom stereocenters.